The molecule has 2 heterocycles. The monoisotopic (exact) mass is 350 g/mol. The van der Waals surface area contributed by atoms with Crippen molar-refractivity contribution in [1.29, 1.82) is 0 Å². The van der Waals surface area contributed by atoms with E-state index >= 15 is 0 Å². The van der Waals surface area contributed by atoms with Crippen LogP contribution in [0.25, 0.3) is 0 Å². The van der Waals surface area contributed by atoms with Gasteiger partial charge in [0, 0.05) is 6.20 Å². The second kappa shape index (κ2) is 6.15. The Hall–Kier alpha value is -2.97. The fourth-order valence-corrected chi connectivity index (χ4v) is 2.42. The zero-order chi connectivity index (χ0) is 18.2. The maximum atomic E-state index is 12.6. The number of aryl methyl sites for hydroxylation is 1. The van der Waals surface area contributed by atoms with Crippen molar-refractivity contribution in [3.05, 3.63) is 59.2 Å². The number of rotatable bonds is 3. The van der Waals surface area contributed by atoms with Gasteiger partial charge in [0.15, 0.2) is 0 Å². The van der Waals surface area contributed by atoms with Crippen molar-refractivity contribution in [1.82, 2.24) is 20.2 Å². The Kier molecular flexibility index (Phi) is 4.15. The minimum Gasteiger partial charge on any atom is -0.322 e. The number of hydrogen-bond donors (Lipinski definition) is 1. The second-order valence-corrected chi connectivity index (χ2v) is 5.58. The van der Waals surface area contributed by atoms with Gasteiger partial charge < -0.3 is 5.32 Å². The van der Waals surface area contributed by atoms with E-state index in [-0.39, 0.29) is 12.1 Å². The highest BCUT2D eigenvalue weighted by molar-refractivity contribution is 6.04. The number of carbonyl (C=O) groups excluding carboxylic acids is 2. The van der Waals surface area contributed by atoms with Gasteiger partial charge in [0.2, 0.25) is 0 Å². The Balaban J connectivity index is 1.77. The molecule has 0 aliphatic carbocycles. The molecule has 1 aromatic carbocycles. The van der Waals surface area contributed by atoms with Gasteiger partial charge in [-0.3, -0.25) is 19.7 Å². The Bertz CT molecular complexity index is 804. The number of hydrogen-bond acceptors (Lipinski definition) is 4. The van der Waals surface area contributed by atoms with E-state index in [0.717, 1.165) is 17.0 Å². The normalized spacial score (nSPS) is 17.8. The summed E-state index contributed by atoms with van der Waals surface area (Å²) < 4.78 is 37.8. The minimum atomic E-state index is -4.46. The molecule has 1 N–H and O–H groups in total. The Labute approximate surface area is 140 Å². The van der Waals surface area contributed by atoms with Crippen LogP contribution in [0.15, 0.2) is 36.7 Å². The second-order valence-electron chi connectivity index (χ2n) is 5.58. The third-order valence-corrected chi connectivity index (χ3v) is 3.75. The zero-order valence-electron chi connectivity index (χ0n) is 13.0. The highest BCUT2D eigenvalue weighted by Gasteiger charge is 2.39. The summed E-state index contributed by atoms with van der Waals surface area (Å²) in [5.41, 5.74) is 0.592. The van der Waals surface area contributed by atoms with Crippen LogP contribution in [0.4, 0.5) is 18.0 Å². The maximum Gasteiger partial charge on any atom is 0.416 e. The zero-order valence-corrected chi connectivity index (χ0v) is 13.0. The number of urea groups is 1. The SMILES string of the molecule is Cc1cnc(CN2C(=O)NC(c3ccc(C(F)(F)F)cc3)C2=O)cn1. The number of imide groups is 1. The molecule has 9 heteroatoms. The van der Waals surface area contributed by atoms with E-state index in [2.05, 4.69) is 15.3 Å². The molecule has 0 bridgehead atoms. The van der Waals surface area contributed by atoms with Crippen LogP contribution in [0.2, 0.25) is 0 Å². The molecule has 6 nitrogen and oxygen atoms in total. The summed E-state index contributed by atoms with van der Waals surface area (Å²) in [6.07, 6.45) is -1.49. The maximum absolute atomic E-state index is 12.6. The van der Waals surface area contributed by atoms with Gasteiger partial charge in [0.25, 0.3) is 5.91 Å². The number of halogens is 3. The summed E-state index contributed by atoms with van der Waals surface area (Å²) in [6.45, 7) is 1.69. The van der Waals surface area contributed by atoms with Crippen LogP contribution in [-0.4, -0.2) is 26.8 Å². The van der Waals surface area contributed by atoms with Crippen LogP contribution >= 0.6 is 0 Å². The Morgan fingerprint density at radius 2 is 1.80 bits per heavy atom. The standard InChI is InChI=1S/C16H13F3N4O2/c1-9-6-21-12(7-20-9)8-23-14(24)13(22-15(23)25)10-2-4-11(5-3-10)16(17,18)19/h2-7,13H,8H2,1H3,(H,22,25). The third kappa shape index (κ3) is 3.44. The smallest absolute Gasteiger partial charge is 0.322 e. The van der Waals surface area contributed by atoms with Crippen molar-refractivity contribution in [3.8, 4) is 0 Å². The molecule has 3 amide bonds. The molecule has 1 aromatic heterocycles. The Morgan fingerprint density at radius 3 is 2.36 bits per heavy atom. The van der Waals surface area contributed by atoms with E-state index in [1.165, 1.54) is 24.5 Å². The van der Waals surface area contributed by atoms with Crippen LogP contribution in [0.3, 0.4) is 0 Å². The molecule has 0 radical (unpaired) electrons. The lowest BCUT2D eigenvalue weighted by Crippen LogP contribution is -2.30. The summed E-state index contributed by atoms with van der Waals surface area (Å²) in [6, 6.07) is 2.47. The van der Waals surface area contributed by atoms with Gasteiger partial charge in [0.05, 0.1) is 29.7 Å². The molecule has 3 rings (SSSR count). The molecule has 1 atom stereocenters. The molecule has 0 spiro atoms. The van der Waals surface area contributed by atoms with Crippen molar-refractivity contribution < 1.29 is 22.8 Å². The van der Waals surface area contributed by atoms with Crippen LogP contribution in [0.1, 0.15) is 28.6 Å². The highest BCUT2D eigenvalue weighted by atomic mass is 19.4. The van der Waals surface area contributed by atoms with Crippen LogP contribution in [0, 0.1) is 6.92 Å². The van der Waals surface area contributed by atoms with Gasteiger partial charge in [-0.2, -0.15) is 13.2 Å². The van der Waals surface area contributed by atoms with Gasteiger partial charge >= 0.3 is 12.2 Å². The van der Waals surface area contributed by atoms with Crippen molar-refractivity contribution in [2.45, 2.75) is 25.7 Å². The van der Waals surface area contributed by atoms with Gasteiger partial charge in [0.1, 0.15) is 6.04 Å². The topological polar surface area (TPSA) is 75.2 Å². The number of carbonyl (C=O) groups is 2. The molecule has 25 heavy (non-hydrogen) atoms. The number of aromatic nitrogens is 2. The summed E-state index contributed by atoms with van der Waals surface area (Å²) >= 11 is 0. The van der Waals surface area contributed by atoms with Gasteiger partial charge in [-0.25, -0.2) is 4.79 Å². The van der Waals surface area contributed by atoms with E-state index in [4.69, 9.17) is 0 Å². The predicted octanol–water partition coefficient (Wildman–Crippen LogP) is 2.60. The molecule has 1 aliphatic heterocycles. The van der Waals surface area contributed by atoms with E-state index in [9.17, 15) is 22.8 Å². The van der Waals surface area contributed by atoms with Crippen LogP contribution in [0.5, 0.6) is 0 Å². The van der Waals surface area contributed by atoms with Crippen molar-refractivity contribution in [2.75, 3.05) is 0 Å². The van der Waals surface area contributed by atoms with Crippen molar-refractivity contribution in [3.63, 3.8) is 0 Å². The van der Waals surface area contributed by atoms with E-state index in [1.54, 1.807) is 6.92 Å². The first-order valence-electron chi connectivity index (χ1n) is 7.32. The molecular formula is C16H13F3N4O2. The third-order valence-electron chi connectivity index (χ3n) is 3.75. The number of nitrogens with one attached hydrogen (secondary N) is 1. The molecule has 130 valence electrons. The van der Waals surface area contributed by atoms with Crippen LogP contribution in [-0.2, 0) is 17.5 Å². The number of amides is 3. The van der Waals surface area contributed by atoms with E-state index in [0.29, 0.717) is 11.4 Å². The van der Waals surface area contributed by atoms with E-state index in [1.807, 2.05) is 0 Å². The Morgan fingerprint density at radius 1 is 1.12 bits per heavy atom. The molecule has 0 saturated carbocycles. The van der Waals surface area contributed by atoms with Gasteiger partial charge in [-0.15, -0.1) is 0 Å². The first-order valence-corrected chi connectivity index (χ1v) is 7.32. The van der Waals surface area contributed by atoms with Gasteiger partial charge in [-0.1, -0.05) is 12.1 Å². The lowest BCUT2D eigenvalue weighted by Gasteiger charge is -2.13. The average Bonchev–Trinajstić information content (AvgIpc) is 2.84. The number of benzene rings is 1. The largest absolute Gasteiger partial charge is 0.416 e. The fourth-order valence-electron chi connectivity index (χ4n) is 2.42. The lowest BCUT2D eigenvalue weighted by atomic mass is 10.0. The van der Waals surface area contributed by atoms with Crippen LogP contribution < -0.4 is 5.32 Å². The summed E-state index contributed by atoms with van der Waals surface area (Å²) in [4.78, 5) is 33.6. The lowest BCUT2D eigenvalue weighted by molar-refractivity contribution is -0.137. The molecule has 1 aliphatic rings. The predicted molar refractivity (Wildman–Crippen MR) is 80.0 cm³/mol. The first-order chi connectivity index (χ1) is 11.8. The molecular weight excluding hydrogens is 337 g/mol. The van der Waals surface area contributed by atoms with E-state index < -0.39 is 29.7 Å². The molecule has 1 saturated heterocycles. The fraction of sp³-hybridized carbons (Fsp3) is 0.250. The summed E-state index contributed by atoms with van der Waals surface area (Å²) in [5.74, 6) is -0.549. The average molecular weight is 350 g/mol. The number of alkyl halides is 3. The van der Waals surface area contributed by atoms with Gasteiger partial charge in [-0.05, 0) is 24.6 Å². The highest BCUT2D eigenvalue weighted by Crippen LogP contribution is 2.31. The first kappa shape index (κ1) is 16.9. The summed E-state index contributed by atoms with van der Waals surface area (Å²) in [7, 11) is 0. The molecule has 1 fully saturated rings. The van der Waals surface area contributed by atoms with Crippen molar-refractivity contribution >= 4 is 11.9 Å². The number of nitrogens with zero attached hydrogens (tertiary/aromatic N) is 3. The molecule has 2 aromatic rings. The quantitative estimate of drug-likeness (QED) is 0.864. The minimum absolute atomic E-state index is 0.0604. The molecule has 1 unspecified atom stereocenters. The summed E-state index contributed by atoms with van der Waals surface area (Å²) in [5, 5.41) is 2.47. The van der Waals surface area contributed by atoms with Crippen molar-refractivity contribution in [2.24, 2.45) is 0 Å².